The molecule has 0 saturated carbocycles. The highest BCUT2D eigenvalue weighted by molar-refractivity contribution is 7.92. The van der Waals surface area contributed by atoms with Crippen LogP contribution in [-0.2, 0) is 14.8 Å². The fourth-order valence-corrected chi connectivity index (χ4v) is 2.97. The van der Waals surface area contributed by atoms with Crippen LogP contribution in [0, 0.1) is 0 Å². The van der Waals surface area contributed by atoms with Crippen LogP contribution in [0.2, 0.25) is 0 Å². The number of amides is 1. The topological polar surface area (TPSA) is 87.3 Å². The second-order valence-electron chi connectivity index (χ2n) is 5.59. The third-order valence-electron chi connectivity index (χ3n) is 3.59. The average Bonchev–Trinajstić information content (AvgIpc) is 2.40. The van der Waals surface area contributed by atoms with Gasteiger partial charge in [-0.25, -0.2) is 8.42 Å². The van der Waals surface area contributed by atoms with Crippen LogP contribution in [0.1, 0.15) is 26.2 Å². The third kappa shape index (κ3) is 4.18. The standard InChI is InChI=1S/C14H21N3O3S/c1-14(9-5-6-10-15-14)13(18)16-11-7-3-4-8-12(11)17-21(2,19)20/h3-4,7-8,15,17H,5-6,9-10H2,1-2H3,(H,16,18). The van der Waals surface area contributed by atoms with Crippen molar-refractivity contribution in [3.05, 3.63) is 24.3 Å². The van der Waals surface area contributed by atoms with E-state index >= 15 is 0 Å². The first-order chi connectivity index (χ1) is 9.80. The quantitative estimate of drug-likeness (QED) is 0.787. The Bertz CT molecular complexity index is 622. The van der Waals surface area contributed by atoms with Crippen molar-refractivity contribution in [1.29, 1.82) is 0 Å². The monoisotopic (exact) mass is 311 g/mol. The first-order valence-electron chi connectivity index (χ1n) is 6.93. The van der Waals surface area contributed by atoms with Crippen molar-refractivity contribution in [2.24, 2.45) is 0 Å². The molecule has 0 aliphatic carbocycles. The number of para-hydroxylation sites is 2. The number of sulfonamides is 1. The lowest BCUT2D eigenvalue weighted by Crippen LogP contribution is -2.54. The van der Waals surface area contributed by atoms with Gasteiger partial charge in [-0.2, -0.15) is 0 Å². The molecule has 1 aliphatic heterocycles. The molecule has 6 nitrogen and oxygen atoms in total. The molecule has 1 atom stereocenters. The minimum atomic E-state index is -3.39. The van der Waals surface area contributed by atoms with E-state index in [0.717, 1.165) is 32.1 Å². The third-order valence-corrected chi connectivity index (χ3v) is 4.18. The van der Waals surface area contributed by atoms with Crippen molar-refractivity contribution in [3.8, 4) is 0 Å². The molecule has 0 spiro atoms. The molecule has 1 unspecified atom stereocenters. The van der Waals surface area contributed by atoms with Gasteiger partial charge in [0.2, 0.25) is 15.9 Å². The smallest absolute Gasteiger partial charge is 0.244 e. The predicted molar refractivity (Wildman–Crippen MR) is 83.8 cm³/mol. The SMILES string of the molecule is CC1(C(=O)Nc2ccccc2NS(C)(=O)=O)CCCCN1. The zero-order chi connectivity index (χ0) is 15.5. The summed E-state index contributed by atoms with van der Waals surface area (Å²) in [7, 11) is -3.39. The molecule has 1 saturated heterocycles. The fourth-order valence-electron chi connectivity index (χ4n) is 2.39. The first-order valence-corrected chi connectivity index (χ1v) is 8.83. The normalized spacial score (nSPS) is 22.6. The molecule has 1 aromatic carbocycles. The number of hydrogen-bond donors (Lipinski definition) is 3. The van der Waals surface area contributed by atoms with Gasteiger partial charge in [-0.3, -0.25) is 9.52 Å². The lowest BCUT2D eigenvalue weighted by molar-refractivity contribution is -0.122. The Balaban J connectivity index is 2.17. The second-order valence-corrected chi connectivity index (χ2v) is 7.34. The molecule has 0 aromatic heterocycles. The molecule has 0 bridgehead atoms. The summed E-state index contributed by atoms with van der Waals surface area (Å²) in [6.45, 7) is 2.68. The first kappa shape index (κ1) is 15.8. The Labute approximate surface area is 125 Å². The van der Waals surface area contributed by atoms with E-state index < -0.39 is 15.6 Å². The Morgan fingerprint density at radius 1 is 1.24 bits per heavy atom. The number of benzene rings is 1. The summed E-state index contributed by atoms with van der Waals surface area (Å²) in [5, 5.41) is 6.05. The minimum Gasteiger partial charge on any atom is -0.323 e. The highest BCUT2D eigenvalue weighted by atomic mass is 32.2. The van der Waals surface area contributed by atoms with Crippen molar-refractivity contribution in [1.82, 2.24) is 5.32 Å². The van der Waals surface area contributed by atoms with Crippen LogP contribution in [0.4, 0.5) is 11.4 Å². The van der Waals surface area contributed by atoms with Crippen LogP contribution in [0.5, 0.6) is 0 Å². The van der Waals surface area contributed by atoms with E-state index in [1.165, 1.54) is 0 Å². The van der Waals surface area contributed by atoms with Gasteiger partial charge in [0.15, 0.2) is 0 Å². The number of nitrogens with one attached hydrogen (secondary N) is 3. The van der Waals surface area contributed by atoms with Gasteiger partial charge in [0, 0.05) is 0 Å². The Morgan fingerprint density at radius 2 is 1.90 bits per heavy atom. The molecular weight excluding hydrogens is 290 g/mol. The highest BCUT2D eigenvalue weighted by Gasteiger charge is 2.34. The van der Waals surface area contributed by atoms with Gasteiger partial charge in [0.1, 0.15) is 0 Å². The van der Waals surface area contributed by atoms with E-state index in [4.69, 9.17) is 0 Å². The van der Waals surface area contributed by atoms with E-state index in [-0.39, 0.29) is 5.91 Å². The number of rotatable bonds is 4. The number of hydrogen-bond acceptors (Lipinski definition) is 4. The molecule has 2 rings (SSSR count). The molecule has 1 fully saturated rings. The zero-order valence-corrected chi connectivity index (χ0v) is 13.1. The Kier molecular flexibility index (Phi) is 4.53. The van der Waals surface area contributed by atoms with Crippen LogP contribution in [0.15, 0.2) is 24.3 Å². The van der Waals surface area contributed by atoms with Gasteiger partial charge in [0.05, 0.1) is 23.2 Å². The van der Waals surface area contributed by atoms with Crippen LogP contribution in [0.25, 0.3) is 0 Å². The van der Waals surface area contributed by atoms with Gasteiger partial charge in [0.25, 0.3) is 0 Å². The van der Waals surface area contributed by atoms with Crippen LogP contribution < -0.4 is 15.4 Å². The number of carbonyl (C=O) groups is 1. The summed E-state index contributed by atoms with van der Waals surface area (Å²) in [5.74, 6) is -0.148. The summed E-state index contributed by atoms with van der Waals surface area (Å²) < 4.78 is 25.1. The molecule has 116 valence electrons. The van der Waals surface area contributed by atoms with Gasteiger partial charge in [-0.15, -0.1) is 0 Å². The molecule has 21 heavy (non-hydrogen) atoms. The molecule has 1 aliphatic rings. The summed E-state index contributed by atoms with van der Waals surface area (Å²) >= 11 is 0. The van der Waals surface area contributed by atoms with Crippen molar-refractivity contribution in [2.75, 3.05) is 22.8 Å². The van der Waals surface area contributed by atoms with Crippen molar-refractivity contribution in [3.63, 3.8) is 0 Å². The summed E-state index contributed by atoms with van der Waals surface area (Å²) in [4.78, 5) is 12.5. The summed E-state index contributed by atoms with van der Waals surface area (Å²) in [6, 6.07) is 6.76. The average molecular weight is 311 g/mol. The van der Waals surface area contributed by atoms with Gasteiger partial charge >= 0.3 is 0 Å². The highest BCUT2D eigenvalue weighted by Crippen LogP contribution is 2.25. The van der Waals surface area contributed by atoms with Crippen molar-refractivity contribution >= 4 is 27.3 Å². The molecule has 1 aromatic rings. The Hall–Kier alpha value is -1.60. The lowest BCUT2D eigenvalue weighted by Gasteiger charge is -2.33. The van der Waals surface area contributed by atoms with Gasteiger partial charge in [-0.1, -0.05) is 12.1 Å². The predicted octanol–water partition coefficient (Wildman–Crippen LogP) is 1.53. The van der Waals surface area contributed by atoms with Crippen molar-refractivity contribution in [2.45, 2.75) is 31.7 Å². The van der Waals surface area contributed by atoms with E-state index in [2.05, 4.69) is 15.4 Å². The molecule has 1 amide bonds. The van der Waals surface area contributed by atoms with Crippen LogP contribution in [-0.4, -0.2) is 32.7 Å². The molecule has 3 N–H and O–H groups in total. The van der Waals surface area contributed by atoms with Crippen molar-refractivity contribution < 1.29 is 13.2 Å². The molecule has 7 heteroatoms. The van der Waals surface area contributed by atoms with Crippen LogP contribution >= 0.6 is 0 Å². The number of piperidine rings is 1. The lowest BCUT2D eigenvalue weighted by atomic mass is 9.90. The largest absolute Gasteiger partial charge is 0.323 e. The molecule has 1 heterocycles. The Morgan fingerprint density at radius 3 is 2.48 bits per heavy atom. The second kappa shape index (κ2) is 6.03. The maximum Gasteiger partial charge on any atom is 0.244 e. The van der Waals surface area contributed by atoms with Gasteiger partial charge < -0.3 is 10.6 Å². The van der Waals surface area contributed by atoms with E-state index in [9.17, 15) is 13.2 Å². The maximum absolute atomic E-state index is 12.5. The van der Waals surface area contributed by atoms with E-state index in [1.54, 1.807) is 24.3 Å². The minimum absolute atomic E-state index is 0.148. The molecule has 0 radical (unpaired) electrons. The summed E-state index contributed by atoms with van der Waals surface area (Å²) in [5.41, 5.74) is 0.213. The van der Waals surface area contributed by atoms with E-state index in [1.807, 2.05) is 6.92 Å². The maximum atomic E-state index is 12.5. The number of anilines is 2. The summed E-state index contributed by atoms with van der Waals surface area (Å²) in [6.07, 6.45) is 3.91. The van der Waals surface area contributed by atoms with Gasteiger partial charge in [-0.05, 0) is 44.9 Å². The fraction of sp³-hybridized carbons (Fsp3) is 0.500. The van der Waals surface area contributed by atoms with Crippen LogP contribution in [0.3, 0.4) is 0 Å². The van der Waals surface area contributed by atoms with E-state index in [0.29, 0.717) is 11.4 Å². The number of carbonyl (C=O) groups excluding carboxylic acids is 1. The molecular formula is C14H21N3O3S. The zero-order valence-electron chi connectivity index (χ0n) is 12.3.